The summed E-state index contributed by atoms with van der Waals surface area (Å²) in [5.41, 5.74) is 1.26. The summed E-state index contributed by atoms with van der Waals surface area (Å²) in [6.45, 7) is 0. The molecular formula is C11H10N2O2S. The van der Waals surface area contributed by atoms with Crippen molar-refractivity contribution in [2.75, 3.05) is 12.4 Å². The lowest BCUT2D eigenvalue weighted by Crippen LogP contribution is -2.01. The number of carbonyl (C=O) groups is 1. The summed E-state index contributed by atoms with van der Waals surface area (Å²) >= 11 is 1.37. The fourth-order valence-electron chi connectivity index (χ4n) is 1.17. The summed E-state index contributed by atoms with van der Waals surface area (Å²) in [7, 11) is 1.34. The van der Waals surface area contributed by atoms with Gasteiger partial charge in [0.15, 0.2) is 10.8 Å². The highest BCUT2D eigenvalue weighted by atomic mass is 32.1. The molecule has 0 saturated heterocycles. The zero-order chi connectivity index (χ0) is 11.4. The minimum absolute atomic E-state index is 0.325. The number of esters is 1. The number of nitrogens with one attached hydrogen (secondary N) is 1. The molecule has 5 heteroatoms. The largest absolute Gasteiger partial charge is 0.464 e. The van der Waals surface area contributed by atoms with Crippen molar-refractivity contribution in [1.82, 2.24) is 4.98 Å². The maximum atomic E-state index is 11.2. The van der Waals surface area contributed by atoms with Crippen molar-refractivity contribution >= 4 is 28.1 Å². The van der Waals surface area contributed by atoms with E-state index in [0.717, 1.165) is 5.69 Å². The van der Waals surface area contributed by atoms with Gasteiger partial charge in [-0.25, -0.2) is 9.78 Å². The Balaban J connectivity index is 2.12. The second-order valence-electron chi connectivity index (χ2n) is 3.02. The third-order valence-corrected chi connectivity index (χ3v) is 2.68. The van der Waals surface area contributed by atoms with Crippen LogP contribution in [0, 0.1) is 0 Å². The van der Waals surface area contributed by atoms with Crippen molar-refractivity contribution in [3.8, 4) is 0 Å². The van der Waals surface area contributed by atoms with Gasteiger partial charge < -0.3 is 10.1 Å². The minimum Gasteiger partial charge on any atom is -0.464 e. The SMILES string of the molecule is COC(=O)c1csc(Nc2ccccc2)n1. The van der Waals surface area contributed by atoms with E-state index in [1.807, 2.05) is 30.3 Å². The van der Waals surface area contributed by atoms with E-state index < -0.39 is 5.97 Å². The lowest BCUT2D eigenvalue weighted by molar-refractivity contribution is 0.0595. The molecule has 16 heavy (non-hydrogen) atoms. The highest BCUT2D eigenvalue weighted by Crippen LogP contribution is 2.20. The number of carbonyl (C=O) groups excluding carboxylic acids is 1. The third kappa shape index (κ3) is 2.38. The van der Waals surface area contributed by atoms with Crippen LogP contribution >= 0.6 is 11.3 Å². The molecule has 1 aromatic carbocycles. The zero-order valence-electron chi connectivity index (χ0n) is 8.64. The highest BCUT2D eigenvalue weighted by Gasteiger charge is 2.10. The van der Waals surface area contributed by atoms with E-state index in [1.165, 1.54) is 18.4 Å². The topological polar surface area (TPSA) is 51.2 Å². The predicted octanol–water partition coefficient (Wildman–Crippen LogP) is 2.67. The van der Waals surface area contributed by atoms with Crippen molar-refractivity contribution in [2.24, 2.45) is 0 Å². The van der Waals surface area contributed by atoms with E-state index in [9.17, 15) is 4.79 Å². The van der Waals surface area contributed by atoms with Gasteiger partial charge in [0.25, 0.3) is 0 Å². The standard InChI is InChI=1S/C11H10N2O2S/c1-15-10(14)9-7-16-11(13-9)12-8-5-3-2-4-6-8/h2-7H,1H3,(H,12,13). The van der Waals surface area contributed by atoms with Gasteiger partial charge in [-0.15, -0.1) is 11.3 Å². The Kier molecular flexibility index (Phi) is 3.16. The summed E-state index contributed by atoms with van der Waals surface area (Å²) in [6.07, 6.45) is 0. The van der Waals surface area contributed by atoms with E-state index in [2.05, 4.69) is 15.0 Å². The Labute approximate surface area is 96.9 Å². The third-order valence-electron chi connectivity index (χ3n) is 1.92. The molecule has 82 valence electrons. The van der Waals surface area contributed by atoms with Crippen LogP contribution < -0.4 is 5.32 Å². The molecule has 0 amide bonds. The quantitative estimate of drug-likeness (QED) is 0.829. The summed E-state index contributed by atoms with van der Waals surface area (Å²) in [5, 5.41) is 5.44. The second-order valence-corrected chi connectivity index (χ2v) is 3.88. The molecule has 0 aliphatic rings. The van der Waals surface area contributed by atoms with Gasteiger partial charge in [-0.3, -0.25) is 0 Å². The number of anilines is 2. The first kappa shape index (κ1) is 10.6. The Morgan fingerprint density at radius 1 is 1.38 bits per heavy atom. The first-order valence-electron chi connectivity index (χ1n) is 4.65. The number of rotatable bonds is 3. The van der Waals surface area contributed by atoms with E-state index >= 15 is 0 Å². The van der Waals surface area contributed by atoms with Crippen LogP contribution in [0.3, 0.4) is 0 Å². The summed E-state index contributed by atoms with van der Waals surface area (Å²) in [6, 6.07) is 9.65. The lowest BCUT2D eigenvalue weighted by atomic mass is 10.3. The molecular weight excluding hydrogens is 224 g/mol. The Morgan fingerprint density at radius 2 is 2.12 bits per heavy atom. The average Bonchev–Trinajstić information content (AvgIpc) is 2.78. The number of nitrogens with zero attached hydrogens (tertiary/aromatic N) is 1. The van der Waals surface area contributed by atoms with Gasteiger partial charge in [0.1, 0.15) is 0 Å². The molecule has 0 spiro atoms. The molecule has 2 rings (SSSR count). The maximum Gasteiger partial charge on any atom is 0.357 e. The van der Waals surface area contributed by atoms with Gasteiger partial charge in [-0.1, -0.05) is 18.2 Å². The van der Waals surface area contributed by atoms with Crippen LogP contribution in [-0.4, -0.2) is 18.1 Å². The van der Waals surface area contributed by atoms with Gasteiger partial charge in [-0.05, 0) is 12.1 Å². The maximum absolute atomic E-state index is 11.2. The first-order chi connectivity index (χ1) is 7.79. The molecule has 0 aliphatic heterocycles. The van der Waals surface area contributed by atoms with Crippen LogP contribution in [0.5, 0.6) is 0 Å². The average molecular weight is 234 g/mol. The molecule has 0 atom stereocenters. The van der Waals surface area contributed by atoms with Crippen LogP contribution in [-0.2, 0) is 4.74 Å². The Morgan fingerprint density at radius 3 is 2.81 bits per heavy atom. The normalized spacial score (nSPS) is 9.81. The van der Waals surface area contributed by atoms with E-state index in [0.29, 0.717) is 10.8 Å². The Hall–Kier alpha value is -1.88. The van der Waals surface area contributed by atoms with Crippen LogP contribution in [0.15, 0.2) is 35.7 Å². The summed E-state index contributed by atoms with van der Waals surface area (Å²) in [4.78, 5) is 15.3. The smallest absolute Gasteiger partial charge is 0.357 e. The molecule has 0 unspecified atom stereocenters. The second kappa shape index (κ2) is 4.76. The van der Waals surface area contributed by atoms with Crippen LogP contribution in [0.4, 0.5) is 10.8 Å². The molecule has 4 nitrogen and oxygen atoms in total. The van der Waals surface area contributed by atoms with E-state index in [4.69, 9.17) is 0 Å². The number of thiazole rings is 1. The van der Waals surface area contributed by atoms with Crippen LogP contribution in [0.25, 0.3) is 0 Å². The molecule has 0 saturated carbocycles. The number of methoxy groups -OCH3 is 1. The fourth-order valence-corrected chi connectivity index (χ4v) is 1.87. The van der Waals surface area contributed by atoms with Gasteiger partial charge in [0.2, 0.25) is 0 Å². The minimum atomic E-state index is -0.419. The highest BCUT2D eigenvalue weighted by molar-refractivity contribution is 7.14. The number of hydrogen-bond acceptors (Lipinski definition) is 5. The molecule has 0 aliphatic carbocycles. The van der Waals surface area contributed by atoms with Gasteiger partial charge in [-0.2, -0.15) is 0 Å². The first-order valence-corrected chi connectivity index (χ1v) is 5.53. The monoisotopic (exact) mass is 234 g/mol. The predicted molar refractivity (Wildman–Crippen MR) is 63.2 cm³/mol. The van der Waals surface area contributed by atoms with E-state index in [1.54, 1.807) is 5.38 Å². The number of aromatic nitrogens is 1. The van der Waals surface area contributed by atoms with Gasteiger partial charge >= 0.3 is 5.97 Å². The molecule has 1 aromatic heterocycles. The molecule has 1 N–H and O–H groups in total. The van der Waals surface area contributed by atoms with Crippen molar-refractivity contribution in [2.45, 2.75) is 0 Å². The molecule has 0 fully saturated rings. The van der Waals surface area contributed by atoms with Crippen molar-refractivity contribution in [1.29, 1.82) is 0 Å². The van der Waals surface area contributed by atoms with Crippen molar-refractivity contribution in [3.05, 3.63) is 41.4 Å². The number of benzene rings is 1. The van der Waals surface area contributed by atoms with Gasteiger partial charge in [0.05, 0.1) is 7.11 Å². The molecule has 2 aromatic rings. The fraction of sp³-hybridized carbons (Fsp3) is 0.0909. The van der Waals surface area contributed by atoms with Gasteiger partial charge in [0, 0.05) is 11.1 Å². The van der Waals surface area contributed by atoms with Crippen molar-refractivity contribution < 1.29 is 9.53 Å². The van der Waals surface area contributed by atoms with E-state index in [-0.39, 0.29) is 0 Å². The number of para-hydroxylation sites is 1. The lowest BCUT2D eigenvalue weighted by Gasteiger charge is -2.00. The van der Waals surface area contributed by atoms with Crippen LogP contribution in [0.1, 0.15) is 10.5 Å². The number of ether oxygens (including phenoxy) is 1. The Bertz CT molecular complexity index is 482. The molecule has 1 heterocycles. The zero-order valence-corrected chi connectivity index (χ0v) is 9.45. The summed E-state index contributed by atoms with van der Waals surface area (Å²) in [5.74, 6) is -0.419. The molecule has 0 radical (unpaired) electrons. The van der Waals surface area contributed by atoms with Crippen molar-refractivity contribution in [3.63, 3.8) is 0 Å². The molecule has 0 bridgehead atoms. The number of hydrogen-bond donors (Lipinski definition) is 1. The van der Waals surface area contributed by atoms with Crippen LogP contribution in [0.2, 0.25) is 0 Å². The summed E-state index contributed by atoms with van der Waals surface area (Å²) < 4.78 is 4.58.